The van der Waals surface area contributed by atoms with Gasteiger partial charge in [-0.2, -0.15) is 5.10 Å². The predicted octanol–water partition coefficient (Wildman–Crippen LogP) is 4.58. The van der Waals surface area contributed by atoms with Crippen LogP contribution in [0.3, 0.4) is 0 Å². The molecule has 0 bridgehead atoms. The first-order chi connectivity index (χ1) is 15.6. The summed E-state index contributed by atoms with van der Waals surface area (Å²) in [6.07, 6.45) is 3.71. The summed E-state index contributed by atoms with van der Waals surface area (Å²) in [7, 11) is 1.61. The predicted molar refractivity (Wildman–Crippen MR) is 120 cm³/mol. The first-order valence-electron chi connectivity index (χ1n) is 10.5. The molecular weight excluding hydrogens is 430 g/mol. The Morgan fingerprint density at radius 2 is 2.09 bits per heavy atom. The van der Waals surface area contributed by atoms with Crippen LogP contribution in [0.25, 0.3) is 22.4 Å². The van der Waals surface area contributed by atoms with Crippen molar-refractivity contribution in [1.82, 2.24) is 25.2 Å². The number of benzene rings is 1. The molecule has 0 unspecified atom stereocenters. The van der Waals surface area contributed by atoms with E-state index in [-0.39, 0.29) is 12.5 Å². The second kappa shape index (κ2) is 8.27. The monoisotopic (exact) mass is 451 g/mol. The lowest BCUT2D eigenvalue weighted by molar-refractivity contribution is 0.0951. The third-order valence-electron chi connectivity index (χ3n) is 5.68. The van der Waals surface area contributed by atoms with Gasteiger partial charge in [-0.05, 0) is 50.1 Å². The van der Waals surface area contributed by atoms with E-state index in [2.05, 4.69) is 20.6 Å². The number of aryl methyl sites for hydroxylation is 1. The quantitative estimate of drug-likeness (QED) is 0.442. The van der Waals surface area contributed by atoms with Crippen LogP contribution in [0.5, 0.6) is 5.75 Å². The molecule has 164 valence electrons. The van der Waals surface area contributed by atoms with Gasteiger partial charge in [-0.15, -0.1) is 0 Å². The third kappa shape index (κ3) is 3.71. The summed E-state index contributed by atoms with van der Waals surface area (Å²) in [5.41, 5.74) is 3.85. The van der Waals surface area contributed by atoms with Crippen molar-refractivity contribution in [2.75, 3.05) is 7.11 Å². The normalized spacial score (nSPS) is 13.5. The summed E-state index contributed by atoms with van der Waals surface area (Å²) < 4.78 is 12.6. The van der Waals surface area contributed by atoms with Crippen molar-refractivity contribution >= 4 is 28.6 Å². The Labute approximate surface area is 189 Å². The first kappa shape index (κ1) is 20.5. The number of rotatable bonds is 7. The largest absolute Gasteiger partial charge is 0.497 e. The Morgan fingerprint density at radius 3 is 2.78 bits per heavy atom. The number of ether oxygens (including phenoxy) is 1. The van der Waals surface area contributed by atoms with E-state index >= 15 is 0 Å². The number of pyridine rings is 1. The Hall–Kier alpha value is -3.39. The Kier molecular flexibility index (Phi) is 5.30. The van der Waals surface area contributed by atoms with E-state index in [1.807, 2.05) is 37.3 Å². The van der Waals surface area contributed by atoms with Crippen LogP contribution in [0.2, 0.25) is 5.02 Å². The van der Waals surface area contributed by atoms with Crippen molar-refractivity contribution in [2.24, 2.45) is 0 Å². The smallest absolute Gasteiger partial charge is 0.259 e. The van der Waals surface area contributed by atoms with Gasteiger partial charge >= 0.3 is 0 Å². The molecule has 0 aliphatic heterocycles. The molecule has 4 aromatic rings. The number of methoxy groups -OCH3 is 1. The molecule has 1 aliphatic carbocycles. The number of hydrogen-bond donors (Lipinski definition) is 1. The van der Waals surface area contributed by atoms with Crippen LogP contribution in [0.1, 0.15) is 47.4 Å². The zero-order chi connectivity index (χ0) is 22.2. The number of fused-ring (bicyclic) bond motifs is 1. The summed E-state index contributed by atoms with van der Waals surface area (Å²) in [6, 6.07) is 9.31. The minimum Gasteiger partial charge on any atom is -0.497 e. The van der Waals surface area contributed by atoms with Gasteiger partial charge in [0.15, 0.2) is 0 Å². The molecule has 0 saturated heterocycles. The highest BCUT2D eigenvalue weighted by atomic mass is 35.5. The van der Waals surface area contributed by atoms with Gasteiger partial charge in [-0.1, -0.05) is 16.8 Å². The van der Waals surface area contributed by atoms with E-state index in [4.69, 9.17) is 20.9 Å². The molecule has 3 heterocycles. The molecule has 1 fully saturated rings. The van der Waals surface area contributed by atoms with Crippen LogP contribution < -0.4 is 10.1 Å². The molecule has 0 atom stereocenters. The number of amides is 1. The topological polar surface area (TPSA) is 95.1 Å². The highest BCUT2D eigenvalue weighted by Gasteiger charge is 2.29. The minimum absolute atomic E-state index is 0.239. The molecule has 9 heteroatoms. The molecule has 8 nitrogen and oxygen atoms in total. The van der Waals surface area contributed by atoms with Gasteiger partial charge in [0.1, 0.15) is 11.4 Å². The Morgan fingerprint density at radius 1 is 1.31 bits per heavy atom. The van der Waals surface area contributed by atoms with E-state index in [0.717, 1.165) is 35.5 Å². The third-order valence-corrected chi connectivity index (χ3v) is 6.00. The van der Waals surface area contributed by atoms with Crippen LogP contribution in [-0.4, -0.2) is 32.9 Å². The van der Waals surface area contributed by atoms with Gasteiger partial charge < -0.3 is 14.6 Å². The maximum atomic E-state index is 13.3. The lowest BCUT2D eigenvalue weighted by Gasteiger charge is -2.10. The van der Waals surface area contributed by atoms with Crippen LogP contribution in [0.4, 0.5) is 0 Å². The number of carbonyl (C=O) groups is 1. The van der Waals surface area contributed by atoms with Crippen molar-refractivity contribution in [3.8, 4) is 17.0 Å². The van der Waals surface area contributed by atoms with Gasteiger partial charge in [0.25, 0.3) is 11.6 Å². The lowest BCUT2D eigenvalue weighted by Crippen LogP contribution is -2.25. The SMILES string of the molecule is CCn1ncc(Cl)c1CNC(=O)c1cc(C2CC2)nc2onc(-c3ccc(OC)cc3)c12. The highest BCUT2D eigenvalue weighted by Crippen LogP contribution is 2.41. The second-order valence-corrected chi connectivity index (χ2v) is 8.15. The molecular formula is C23H22ClN5O3. The van der Waals surface area contributed by atoms with Gasteiger partial charge in [0, 0.05) is 23.7 Å². The highest BCUT2D eigenvalue weighted by molar-refractivity contribution is 6.31. The van der Waals surface area contributed by atoms with Gasteiger partial charge in [0.05, 0.1) is 41.5 Å². The molecule has 3 aromatic heterocycles. The van der Waals surface area contributed by atoms with Crippen LogP contribution in [0, 0.1) is 0 Å². The second-order valence-electron chi connectivity index (χ2n) is 7.75. The average Bonchev–Trinajstić information content (AvgIpc) is 3.49. The average molecular weight is 452 g/mol. The summed E-state index contributed by atoms with van der Waals surface area (Å²) in [6.45, 7) is 2.90. The number of hydrogen-bond acceptors (Lipinski definition) is 6. The van der Waals surface area contributed by atoms with E-state index in [1.54, 1.807) is 18.0 Å². The van der Waals surface area contributed by atoms with Gasteiger partial charge in [-0.3, -0.25) is 9.48 Å². The van der Waals surface area contributed by atoms with Crippen molar-refractivity contribution < 1.29 is 14.1 Å². The van der Waals surface area contributed by atoms with Gasteiger partial charge in [-0.25, -0.2) is 4.98 Å². The molecule has 1 aliphatic rings. The lowest BCUT2D eigenvalue weighted by atomic mass is 10.0. The van der Waals surface area contributed by atoms with E-state index in [0.29, 0.717) is 39.8 Å². The molecule has 32 heavy (non-hydrogen) atoms. The zero-order valence-corrected chi connectivity index (χ0v) is 18.5. The van der Waals surface area contributed by atoms with E-state index in [9.17, 15) is 4.79 Å². The number of nitrogens with zero attached hydrogens (tertiary/aromatic N) is 4. The maximum Gasteiger partial charge on any atom is 0.259 e. The fraction of sp³-hybridized carbons (Fsp3) is 0.304. The van der Waals surface area contributed by atoms with Crippen molar-refractivity contribution in [2.45, 2.75) is 38.8 Å². The summed E-state index contributed by atoms with van der Waals surface area (Å²) in [4.78, 5) is 18.0. The number of nitrogens with one attached hydrogen (secondary N) is 1. The first-order valence-corrected chi connectivity index (χ1v) is 10.9. The Bertz CT molecular complexity index is 1290. The van der Waals surface area contributed by atoms with E-state index in [1.165, 1.54) is 0 Å². The van der Waals surface area contributed by atoms with E-state index < -0.39 is 0 Å². The minimum atomic E-state index is -0.239. The summed E-state index contributed by atoms with van der Waals surface area (Å²) in [5.74, 6) is 0.853. The van der Waals surface area contributed by atoms with Crippen molar-refractivity contribution in [3.05, 3.63) is 58.5 Å². The molecule has 0 radical (unpaired) electrons. The molecule has 1 N–H and O–H groups in total. The maximum absolute atomic E-state index is 13.3. The molecule has 0 spiro atoms. The molecule has 1 aromatic carbocycles. The fourth-order valence-electron chi connectivity index (χ4n) is 3.78. The zero-order valence-electron chi connectivity index (χ0n) is 17.8. The summed E-state index contributed by atoms with van der Waals surface area (Å²) >= 11 is 6.26. The summed E-state index contributed by atoms with van der Waals surface area (Å²) in [5, 5.41) is 12.6. The van der Waals surface area contributed by atoms with Crippen LogP contribution >= 0.6 is 11.6 Å². The number of halogens is 1. The molecule has 5 rings (SSSR count). The Balaban J connectivity index is 1.54. The molecule has 1 amide bonds. The standard InChI is InChI=1S/C23H22ClN5O3/c1-3-29-19(17(24)11-26-29)12-25-22(30)16-10-18(13-4-5-13)27-23-20(16)21(28-32-23)14-6-8-15(31-2)9-7-14/h6-11,13H,3-5,12H2,1-2H3,(H,25,30). The van der Waals surface area contributed by atoms with Crippen molar-refractivity contribution in [1.29, 1.82) is 0 Å². The van der Waals surface area contributed by atoms with Crippen LogP contribution in [-0.2, 0) is 13.1 Å². The number of aromatic nitrogens is 4. The van der Waals surface area contributed by atoms with Crippen LogP contribution in [0.15, 0.2) is 41.1 Å². The van der Waals surface area contributed by atoms with Gasteiger partial charge in [0.2, 0.25) is 0 Å². The van der Waals surface area contributed by atoms with Crippen molar-refractivity contribution in [3.63, 3.8) is 0 Å². The molecule has 1 saturated carbocycles. The fourth-order valence-corrected chi connectivity index (χ4v) is 3.99. The number of carbonyl (C=O) groups excluding carboxylic acids is 1.